The molecule has 5 rings (SSSR count). The predicted octanol–water partition coefficient (Wildman–Crippen LogP) is 5.07. The molecule has 0 atom stereocenters. The second-order valence-corrected chi connectivity index (χ2v) is 11.1. The molecule has 39 heavy (non-hydrogen) atoms. The lowest BCUT2D eigenvalue weighted by Crippen LogP contribution is -2.36. The number of aryl methyl sites for hydroxylation is 2. The highest BCUT2D eigenvalue weighted by molar-refractivity contribution is 7.99. The first-order valence-electron chi connectivity index (χ1n) is 12.8. The SMILES string of the molecule is CCOC(=O)c1sc2nc(SCC(=O)N3CCCc4ccccc43)n(Cc3ccc(OC)cc3)c(=O)c2c1C. The molecule has 1 aliphatic heterocycles. The van der Waals surface area contributed by atoms with Crippen LogP contribution >= 0.6 is 23.1 Å². The summed E-state index contributed by atoms with van der Waals surface area (Å²) in [7, 11) is 1.60. The van der Waals surface area contributed by atoms with Crippen molar-refractivity contribution >= 4 is 50.9 Å². The number of rotatable bonds is 8. The van der Waals surface area contributed by atoms with E-state index in [0.29, 0.717) is 32.4 Å². The summed E-state index contributed by atoms with van der Waals surface area (Å²) in [4.78, 5) is 47.2. The van der Waals surface area contributed by atoms with Gasteiger partial charge in [-0.25, -0.2) is 9.78 Å². The number of methoxy groups -OCH3 is 1. The van der Waals surface area contributed by atoms with Crippen LogP contribution in [0.1, 0.15) is 39.7 Å². The van der Waals surface area contributed by atoms with Gasteiger partial charge in [-0.3, -0.25) is 14.2 Å². The minimum atomic E-state index is -0.466. The number of hydrogen-bond donors (Lipinski definition) is 0. The van der Waals surface area contributed by atoms with Crippen LogP contribution in [0.4, 0.5) is 5.69 Å². The van der Waals surface area contributed by atoms with Gasteiger partial charge in [0.25, 0.3) is 5.56 Å². The van der Waals surface area contributed by atoms with Crippen LogP contribution in [0.25, 0.3) is 10.2 Å². The van der Waals surface area contributed by atoms with Gasteiger partial charge in [0.1, 0.15) is 15.5 Å². The topological polar surface area (TPSA) is 90.7 Å². The molecule has 10 heteroatoms. The molecule has 0 saturated carbocycles. The second-order valence-electron chi connectivity index (χ2n) is 9.16. The molecule has 0 radical (unpaired) electrons. The number of carbonyl (C=O) groups is 2. The first-order valence-corrected chi connectivity index (χ1v) is 14.6. The summed E-state index contributed by atoms with van der Waals surface area (Å²) in [6.45, 7) is 4.65. The average Bonchev–Trinajstić information content (AvgIpc) is 3.29. The highest BCUT2D eigenvalue weighted by atomic mass is 32.2. The summed E-state index contributed by atoms with van der Waals surface area (Å²) in [5.41, 5.74) is 3.31. The third-order valence-corrected chi connectivity index (χ3v) is 8.84. The second kappa shape index (κ2) is 11.6. The summed E-state index contributed by atoms with van der Waals surface area (Å²) in [5, 5.41) is 0.829. The van der Waals surface area contributed by atoms with Crippen molar-refractivity contribution in [3.05, 3.63) is 80.5 Å². The lowest BCUT2D eigenvalue weighted by molar-refractivity contribution is -0.116. The van der Waals surface area contributed by atoms with Crippen molar-refractivity contribution in [3.8, 4) is 5.75 Å². The lowest BCUT2D eigenvalue weighted by atomic mass is 10.0. The van der Waals surface area contributed by atoms with Crippen molar-refractivity contribution < 1.29 is 19.1 Å². The van der Waals surface area contributed by atoms with Crippen LogP contribution in [-0.2, 0) is 22.5 Å². The Morgan fingerprint density at radius 1 is 1.13 bits per heavy atom. The number of fused-ring (bicyclic) bond motifs is 2. The number of hydrogen-bond acceptors (Lipinski definition) is 8. The van der Waals surface area contributed by atoms with Crippen LogP contribution in [0.2, 0.25) is 0 Å². The molecular formula is C29H29N3O5S2. The van der Waals surface area contributed by atoms with Crippen molar-refractivity contribution in [1.29, 1.82) is 0 Å². The maximum Gasteiger partial charge on any atom is 0.348 e. The van der Waals surface area contributed by atoms with E-state index in [4.69, 9.17) is 14.5 Å². The van der Waals surface area contributed by atoms with E-state index < -0.39 is 5.97 Å². The van der Waals surface area contributed by atoms with Crippen molar-refractivity contribution in [2.45, 2.75) is 38.4 Å². The van der Waals surface area contributed by atoms with Gasteiger partial charge in [0, 0.05) is 12.2 Å². The van der Waals surface area contributed by atoms with Crippen molar-refractivity contribution in [1.82, 2.24) is 9.55 Å². The van der Waals surface area contributed by atoms with Gasteiger partial charge < -0.3 is 14.4 Å². The number of thioether (sulfide) groups is 1. The number of nitrogens with zero attached hydrogens (tertiary/aromatic N) is 3. The molecular weight excluding hydrogens is 534 g/mol. The minimum Gasteiger partial charge on any atom is -0.497 e. The molecule has 202 valence electrons. The molecule has 0 unspecified atom stereocenters. The van der Waals surface area contributed by atoms with Crippen LogP contribution in [0.3, 0.4) is 0 Å². The van der Waals surface area contributed by atoms with E-state index in [1.54, 1.807) is 25.5 Å². The normalized spacial score (nSPS) is 12.8. The van der Waals surface area contributed by atoms with E-state index in [0.717, 1.165) is 41.2 Å². The molecule has 2 aromatic heterocycles. The maximum atomic E-state index is 13.8. The predicted molar refractivity (Wildman–Crippen MR) is 155 cm³/mol. The summed E-state index contributed by atoms with van der Waals surface area (Å²) in [5.74, 6) is 0.345. The molecule has 0 aliphatic carbocycles. The molecule has 0 fully saturated rings. The highest BCUT2D eigenvalue weighted by Gasteiger charge is 2.25. The van der Waals surface area contributed by atoms with Gasteiger partial charge in [-0.05, 0) is 61.6 Å². The Morgan fingerprint density at radius 3 is 2.64 bits per heavy atom. The Labute approximate surface area is 234 Å². The number of benzene rings is 2. The van der Waals surface area contributed by atoms with Crippen LogP contribution in [0.5, 0.6) is 5.75 Å². The van der Waals surface area contributed by atoms with Gasteiger partial charge in [-0.1, -0.05) is 42.1 Å². The number of ether oxygens (including phenoxy) is 2. The van der Waals surface area contributed by atoms with E-state index in [1.807, 2.05) is 47.4 Å². The standard InChI is InChI=1S/C29H29N3O5S2/c1-4-37-28(35)25-18(2)24-26(39-25)30-29(32(27(24)34)16-19-11-13-21(36-3)14-12-19)38-17-23(33)31-15-7-9-20-8-5-6-10-22(20)31/h5-6,8,10-14H,4,7,9,15-17H2,1-3H3. The quantitative estimate of drug-likeness (QED) is 0.168. The van der Waals surface area contributed by atoms with E-state index in [1.165, 1.54) is 17.3 Å². The van der Waals surface area contributed by atoms with Crippen LogP contribution in [0, 0.1) is 6.92 Å². The third kappa shape index (κ3) is 5.44. The zero-order valence-corrected chi connectivity index (χ0v) is 23.7. The molecule has 8 nitrogen and oxygen atoms in total. The van der Waals surface area contributed by atoms with Gasteiger partial charge >= 0.3 is 5.97 Å². The Bertz CT molecular complexity index is 1590. The van der Waals surface area contributed by atoms with E-state index in [-0.39, 0.29) is 30.4 Å². The number of carbonyl (C=O) groups excluding carboxylic acids is 2. The number of anilines is 1. The lowest BCUT2D eigenvalue weighted by Gasteiger charge is -2.29. The first kappa shape index (κ1) is 27.0. The number of esters is 1. The maximum absolute atomic E-state index is 13.8. The van der Waals surface area contributed by atoms with Gasteiger partial charge in [0.15, 0.2) is 5.16 Å². The molecule has 1 amide bonds. The Morgan fingerprint density at radius 2 is 1.90 bits per heavy atom. The molecule has 3 heterocycles. The van der Waals surface area contributed by atoms with E-state index >= 15 is 0 Å². The fourth-order valence-corrected chi connectivity index (χ4v) is 6.74. The van der Waals surface area contributed by atoms with Crippen molar-refractivity contribution in [2.24, 2.45) is 0 Å². The average molecular weight is 564 g/mol. The van der Waals surface area contributed by atoms with Crippen LogP contribution in [-0.4, -0.2) is 47.4 Å². The smallest absolute Gasteiger partial charge is 0.348 e. The molecule has 0 N–H and O–H groups in total. The summed E-state index contributed by atoms with van der Waals surface area (Å²) < 4.78 is 12.0. The Balaban J connectivity index is 1.51. The largest absolute Gasteiger partial charge is 0.497 e. The summed E-state index contributed by atoms with van der Waals surface area (Å²) in [6.07, 6.45) is 1.86. The molecule has 4 aromatic rings. The van der Waals surface area contributed by atoms with E-state index in [9.17, 15) is 14.4 Å². The van der Waals surface area contributed by atoms with Gasteiger partial charge in [0.05, 0.1) is 31.4 Å². The zero-order valence-electron chi connectivity index (χ0n) is 22.1. The van der Waals surface area contributed by atoms with E-state index in [2.05, 4.69) is 6.07 Å². The molecule has 0 spiro atoms. The molecule has 0 saturated heterocycles. The molecule has 1 aliphatic rings. The monoisotopic (exact) mass is 563 g/mol. The minimum absolute atomic E-state index is 0.0351. The van der Waals surface area contributed by atoms with Gasteiger partial charge in [-0.2, -0.15) is 0 Å². The first-order chi connectivity index (χ1) is 18.9. The summed E-state index contributed by atoms with van der Waals surface area (Å²) in [6, 6.07) is 15.4. The van der Waals surface area contributed by atoms with Gasteiger partial charge in [0.2, 0.25) is 5.91 Å². The highest BCUT2D eigenvalue weighted by Crippen LogP contribution is 2.31. The van der Waals surface area contributed by atoms with Crippen molar-refractivity contribution in [2.75, 3.05) is 30.9 Å². The number of amides is 1. The number of thiophene rings is 1. The van der Waals surface area contributed by atoms with Crippen LogP contribution in [0.15, 0.2) is 58.5 Å². The fourth-order valence-electron chi connectivity index (χ4n) is 4.75. The fraction of sp³-hybridized carbons (Fsp3) is 0.310. The summed E-state index contributed by atoms with van der Waals surface area (Å²) >= 11 is 2.39. The Hall–Kier alpha value is -3.63. The zero-order chi connectivity index (χ0) is 27.5. The molecule has 0 bridgehead atoms. The molecule has 2 aromatic carbocycles. The Kier molecular flexibility index (Phi) is 8.04. The number of aromatic nitrogens is 2. The van der Waals surface area contributed by atoms with Gasteiger partial charge in [-0.15, -0.1) is 11.3 Å². The number of para-hydroxylation sites is 1. The third-order valence-electron chi connectivity index (χ3n) is 6.71. The van der Waals surface area contributed by atoms with Crippen LogP contribution < -0.4 is 15.2 Å². The van der Waals surface area contributed by atoms with Crippen molar-refractivity contribution in [3.63, 3.8) is 0 Å².